The molecule has 5 rings (SSSR count). The Hall–Kier alpha value is -3.82. The maximum absolute atomic E-state index is 12.8. The van der Waals surface area contributed by atoms with E-state index in [0.29, 0.717) is 27.2 Å². The lowest BCUT2D eigenvalue weighted by Crippen LogP contribution is -2.13. The van der Waals surface area contributed by atoms with Crippen molar-refractivity contribution in [2.75, 3.05) is 10.6 Å². The van der Waals surface area contributed by atoms with E-state index in [1.807, 2.05) is 55.6 Å². The summed E-state index contributed by atoms with van der Waals surface area (Å²) in [5.74, 6) is 0.403. The molecular weight excluding hydrogens is 458 g/mol. The molecule has 0 bridgehead atoms. The van der Waals surface area contributed by atoms with Gasteiger partial charge < -0.3 is 5.32 Å². The summed E-state index contributed by atoms with van der Waals surface area (Å²) in [5.41, 5.74) is 4.72. The third-order valence-corrected chi connectivity index (χ3v) is 5.88. The molecule has 0 aliphatic rings. The van der Waals surface area contributed by atoms with Crippen molar-refractivity contribution in [2.45, 2.75) is 13.8 Å². The Labute approximate surface area is 198 Å². The van der Waals surface area contributed by atoms with Gasteiger partial charge in [-0.15, -0.1) is 16.4 Å². The van der Waals surface area contributed by atoms with E-state index in [-0.39, 0.29) is 11.9 Å². The van der Waals surface area contributed by atoms with Gasteiger partial charge >= 0.3 is 0 Å². The standard InChI is InChI=1S/C23H18ClN7OS/c1-13-10-14(2)26-21(25-13)27-18-5-3-4-16(11-18)20(32)28-22-29-23-31(30-22)19(12-33-23)15-6-8-17(24)9-7-15/h3-12H,1-2H3,(H,25,26,27)(H,28,30,32). The number of nitrogens with zero attached hydrogens (tertiary/aromatic N) is 5. The van der Waals surface area contributed by atoms with Crippen LogP contribution >= 0.6 is 22.9 Å². The zero-order chi connectivity index (χ0) is 22.9. The molecular formula is C23H18ClN7OS. The second kappa shape index (κ2) is 8.61. The number of aryl methyl sites for hydroxylation is 2. The molecule has 0 atom stereocenters. The SMILES string of the molecule is Cc1cc(C)nc(Nc2cccc(C(=O)Nc3nc4scc(-c5ccc(Cl)cc5)n4n3)c2)n1. The Kier molecular flexibility index (Phi) is 5.49. The number of fused-ring (bicyclic) bond motifs is 1. The monoisotopic (exact) mass is 475 g/mol. The van der Waals surface area contributed by atoms with Crippen LogP contribution in [0.5, 0.6) is 0 Å². The first-order valence-corrected chi connectivity index (χ1v) is 11.3. The molecule has 1 amide bonds. The number of halogens is 1. The average Bonchev–Trinajstić information content (AvgIpc) is 3.34. The molecule has 2 aromatic carbocycles. The maximum atomic E-state index is 12.8. The first kappa shape index (κ1) is 21.0. The lowest BCUT2D eigenvalue weighted by molar-refractivity contribution is 0.102. The lowest BCUT2D eigenvalue weighted by Gasteiger charge is -2.08. The van der Waals surface area contributed by atoms with E-state index in [1.165, 1.54) is 11.3 Å². The van der Waals surface area contributed by atoms with Gasteiger partial charge in [-0.2, -0.15) is 4.98 Å². The summed E-state index contributed by atoms with van der Waals surface area (Å²) in [6.45, 7) is 3.82. The summed E-state index contributed by atoms with van der Waals surface area (Å²) in [5, 5.41) is 13.0. The normalized spacial score (nSPS) is 11.0. The Morgan fingerprint density at radius 3 is 2.48 bits per heavy atom. The van der Waals surface area contributed by atoms with Crippen LogP contribution in [0.4, 0.5) is 17.6 Å². The van der Waals surface area contributed by atoms with Gasteiger partial charge in [-0.05, 0) is 50.2 Å². The predicted octanol–water partition coefficient (Wildman–Crippen LogP) is 5.51. The molecule has 0 radical (unpaired) electrons. The molecule has 10 heteroatoms. The van der Waals surface area contributed by atoms with E-state index in [1.54, 1.807) is 22.7 Å². The number of amides is 1. The van der Waals surface area contributed by atoms with Crippen molar-refractivity contribution in [1.82, 2.24) is 24.6 Å². The molecule has 164 valence electrons. The quantitative estimate of drug-likeness (QED) is 0.347. The van der Waals surface area contributed by atoms with Gasteiger partial charge in [0.25, 0.3) is 11.9 Å². The lowest BCUT2D eigenvalue weighted by atomic mass is 10.2. The summed E-state index contributed by atoms with van der Waals surface area (Å²) in [6.07, 6.45) is 0. The number of anilines is 3. The molecule has 0 saturated carbocycles. The minimum Gasteiger partial charge on any atom is -0.324 e. The Bertz CT molecular complexity index is 1460. The summed E-state index contributed by atoms with van der Waals surface area (Å²) < 4.78 is 1.71. The average molecular weight is 476 g/mol. The van der Waals surface area contributed by atoms with E-state index in [4.69, 9.17) is 11.6 Å². The molecule has 0 fully saturated rings. The fraction of sp³-hybridized carbons (Fsp3) is 0.0870. The fourth-order valence-corrected chi connectivity index (χ4v) is 4.33. The van der Waals surface area contributed by atoms with Crippen LogP contribution in [-0.4, -0.2) is 30.5 Å². The van der Waals surface area contributed by atoms with Crippen LogP contribution in [0.25, 0.3) is 16.2 Å². The molecule has 33 heavy (non-hydrogen) atoms. The van der Waals surface area contributed by atoms with Gasteiger partial charge in [0.1, 0.15) is 0 Å². The number of aromatic nitrogens is 5. The van der Waals surface area contributed by atoms with Crippen molar-refractivity contribution in [3.8, 4) is 11.3 Å². The van der Waals surface area contributed by atoms with Crippen LogP contribution < -0.4 is 10.6 Å². The third-order valence-electron chi connectivity index (χ3n) is 4.81. The van der Waals surface area contributed by atoms with Crippen LogP contribution in [0.15, 0.2) is 60.0 Å². The number of carbonyl (C=O) groups is 1. The van der Waals surface area contributed by atoms with Crippen molar-refractivity contribution in [1.29, 1.82) is 0 Å². The largest absolute Gasteiger partial charge is 0.324 e. The maximum Gasteiger partial charge on any atom is 0.258 e. The van der Waals surface area contributed by atoms with Crippen LogP contribution in [0.1, 0.15) is 21.7 Å². The first-order valence-electron chi connectivity index (χ1n) is 10.1. The van der Waals surface area contributed by atoms with E-state index in [9.17, 15) is 4.79 Å². The minimum atomic E-state index is -0.314. The first-order chi connectivity index (χ1) is 15.9. The second-order valence-electron chi connectivity index (χ2n) is 7.39. The highest BCUT2D eigenvalue weighted by atomic mass is 35.5. The number of nitrogens with one attached hydrogen (secondary N) is 2. The molecule has 0 saturated heterocycles. The summed E-state index contributed by atoms with van der Waals surface area (Å²) in [7, 11) is 0. The van der Waals surface area contributed by atoms with Crippen LogP contribution in [0.3, 0.4) is 0 Å². The zero-order valence-electron chi connectivity index (χ0n) is 17.7. The fourth-order valence-electron chi connectivity index (χ4n) is 3.38. The van der Waals surface area contributed by atoms with Gasteiger partial charge in [-0.1, -0.05) is 29.8 Å². The van der Waals surface area contributed by atoms with Gasteiger partial charge in [0, 0.05) is 38.6 Å². The van der Waals surface area contributed by atoms with Crippen molar-refractivity contribution < 1.29 is 4.79 Å². The van der Waals surface area contributed by atoms with Crippen molar-refractivity contribution in [3.05, 3.63) is 82.0 Å². The Morgan fingerprint density at radius 1 is 0.970 bits per heavy atom. The highest BCUT2D eigenvalue weighted by Gasteiger charge is 2.15. The third kappa shape index (κ3) is 4.55. The summed E-state index contributed by atoms with van der Waals surface area (Å²) in [6, 6.07) is 16.5. The van der Waals surface area contributed by atoms with Crippen molar-refractivity contribution in [2.24, 2.45) is 0 Å². The van der Waals surface area contributed by atoms with Crippen molar-refractivity contribution >= 4 is 51.4 Å². The number of carbonyl (C=O) groups excluding carboxylic acids is 1. The summed E-state index contributed by atoms with van der Waals surface area (Å²) in [4.78, 5) is 26.7. The van der Waals surface area contributed by atoms with E-state index in [2.05, 4.69) is 30.7 Å². The van der Waals surface area contributed by atoms with Gasteiger partial charge in [0.05, 0.1) is 5.69 Å². The summed E-state index contributed by atoms with van der Waals surface area (Å²) >= 11 is 7.43. The zero-order valence-corrected chi connectivity index (χ0v) is 19.3. The number of rotatable bonds is 5. The van der Waals surface area contributed by atoms with Crippen LogP contribution in [0, 0.1) is 13.8 Å². The molecule has 2 N–H and O–H groups in total. The minimum absolute atomic E-state index is 0.234. The predicted molar refractivity (Wildman–Crippen MR) is 130 cm³/mol. The molecule has 0 spiro atoms. The van der Waals surface area contributed by atoms with Gasteiger partial charge in [0.2, 0.25) is 10.9 Å². The number of hydrogen-bond acceptors (Lipinski definition) is 7. The molecule has 8 nitrogen and oxygen atoms in total. The van der Waals surface area contributed by atoms with Gasteiger partial charge in [-0.25, -0.2) is 14.5 Å². The van der Waals surface area contributed by atoms with E-state index >= 15 is 0 Å². The molecule has 0 unspecified atom stereocenters. The highest BCUT2D eigenvalue weighted by molar-refractivity contribution is 7.15. The molecule has 3 heterocycles. The molecule has 5 aromatic rings. The highest BCUT2D eigenvalue weighted by Crippen LogP contribution is 2.27. The topological polar surface area (TPSA) is 97.1 Å². The number of thiazole rings is 1. The van der Waals surface area contributed by atoms with Crippen LogP contribution in [0.2, 0.25) is 5.02 Å². The molecule has 0 aliphatic heterocycles. The number of hydrogen-bond donors (Lipinski definition) is 2. The Morgan fingerprint density at radius 2 is 1.73 bits per heavy atom. The van der Waals surface area contributed by atoms with Gasteiger partial charge in [-0.3, -0.25) is 10.1 Å². The second-order valence-corrected chi connectivity index (χ2v) is 8.66. The van der Waals surface area contributed by atoms with Crippen molar-refractivity contribution in [3.63, 3.8) is 0 Å². The van der Waals surface area contributed by atoms with E-state index < -0.39 is 0 Å². The van der Waals surface area contributed by atoms with E-state index in [0.717, 1.165) is 22.6 Å². The molecule has 3 aromatic heterocycles. The number of benzene rings is 2. The molecule has 0 aliphatic carbocycles. The Balaban J connectivity index is 1.35. The smallest absolute Gasteiger partial charge is 0.258 e. The van der Waals surface area contributed by atoms with Crippen LogP contribution in [-0.2, 0) is 0 Å². The van der Waals surface area contributed by atoms with Gasteiger partial charge in [0.15, 0.2) is 0 Å².